The van der Waals surface area contributed by atoms with Crippen LogP contribution in [0.15, 0.2) is 42.7 Å². The van der Waals surface area contributed by atoms with Gasteiger partial charge in [-0.25, -0.2) is 0 Å². The molecular formula is C15H18N2O. The van der Waals surface area contributed by atoms with Gasteiger partial charge >= 0.3 is 0 Å². The summed E-state index contributed by atoms with van der Waals surface area (Å²) in [7, 11) is 1.63. The van der Waals surface area contributed by atoms with E-state index in [-0.39, 0.29) is 6.04 Å². The second-order valence-corrected chi connectivity index (χ2v) is 4.19. The quantitative estimate of drug-likeness (QED) is 0.896. The molecule has 1 aromatic carbocycles. The number of nitrogens with two attached hydrogens (primary N) is 1. The molecule has 0 aliphatic heterocycles. The molecule has 1 atom stereocenters. The van der Waals surface area contributed by atoms with Crippen LogP contribution in [0.5, 0.6) is 5.75 Å². The highest BCUT2D eigenvalue weighted by molar-refractivity contribution is 5.38. The lowest BCUT2D eigenvalue weighted by atomic mass is 9.95. The smallest absolute Gasteiger partial charge is 0.137 e. The van der Waals surface area contributed by atoms with Crippen molar-refractivity contribution in [3.05, 3.63) is 59.4 Å². The maximum atomic E-state index is 6.32. The summed E-state index contributed by atoms with van der Waals surface area (Å²) in [5.41, 5.74) is 9.71. The Labute approximate surface area is 108 Å². The van der Waals surface area contributed by atoms with E-state index in [9.17, 15) is 0 Å². The Morgan fingerprint density at radius 3 is 2.78 bits per heavy atom. The third kappa shape index (κ3) is 2.51. The van der Waals surface area contributed by atoms with Crippen LogP contribution in [0.4, 0.5) is 0 Å². The fourth-order valence-corrected chi connectivity index (χ4v) is 2.06. The van der Waals surface area contributed by atoms with Crippen molar-refractivity contribution in [3.63, 3.8) is 0 Å². The van der Waals surface area contributed by atoms with Crippen LogP contribution < -0.4 is 10.5 Å². The van der Waals surface area contributed by atoms with Gasteiger partial charge in [-0.15, -0.1) is 0 Å². The lowest BCUT2D eigenvalue weighted by Gasteiger charge is -2.16. The molecule has 1 unspecified atom stereocenters. The van der Waals surface area contributed by atoms with Crippen LogP contribution in [0.1, 0.15) is 29.7 Å². The predicted molar refractivity (Wildman–Crippen MR) is 72.6 cm³/mol. The molecule has 0 saturated carbocycles. The average Bonchev–Trinajstić information content (AvgIpc) is 2.46. The molecule has 18 heavy (non-hydrogen) atoms. The van der Waals surface area contributed by atoms with Crippen molar-refractivity contribution >= 4 is 0 Å². The Morgan fingerprint density at radius 1 is 1.28 bits per heavy atom. The van der Waals surface area contributed by atoms with E-state index in [4.69, 9.17) is 10.5 Å². The van der Waals surface area contributed by atoms with Crippen molar-refractivity contribution in [1.29, 1.82) is 0 Å². The molecule has 3 heteroatoms. The SMILES string of the molecule is CCc1ccccc1C(N)c1cncc(OC)c1. The molecule has 0 bridgehead atoms. The van der Waals surface area contributed by atoms with Crippen LogP contribution in [0.2, 0.25) is 0 Å². The Hall–Kier alpha value is -1.87. The van der Waals surface area contributed by atoms with Crippen molar-refractivity contribution in [3.8, 4) is 5.75 Å². The molecule has 1 aromatic heterocycles. The van der Waals surface area contributed by atoms with Gasteiger partial charge in [-0.1, -0.05) is 31.2 Å². The molecular weight excluding hydrogens is 224 g/mol. The first-order chi connectivity index (χ1) is 8.76. The molecule has 0 radical (unpaired) electrons. The minimum Gasteiger partial charge on any atom is -0.495 e. The highest BCUT2D eigenvalue weighted by Crippen LogP contribution is 2.24. The van der Waals surface area contributed by atoms with E-state index in [1.165, 1.54) is 5.56 Å². The molecule has 2 rings (SSSR count). The number of aromatic nitrogens is 1. The highest BCUT2D eigenvalue weighted by Gasteiger charge is 2.13. The fraction of sp³-hybridized carbons (Fsp3) is 0.267. The largest absolute Gasteiger partial charge is 0.495 e. The summed E-state index contributed by atoms with van der Waals surface area (Å²) in [6, 6.07) is 10.0. The predicted octanol–water partition coefficient (Wildman–Crippen LogP) is 2.70. The Morgan fingerprint density at radius 2 is 2.06 bits per heavy atom. The van der Waals surface area contributed by atoms with Gasteiger partial charge in [0.2, 0.25) is 0 Å². The Kier molecular flexibility index (Phi) is 3.95. The summed E-state index contributed by atoms with van der Waals surface area (Å²) in [6.07, 6.45) is 4.45. The molecule has 0 amide bonds. The van der Waals surface area contributed by atoms with Crippen LogP contribution >= 0.6 is 0 Å². The van der Waals surface area contributed by atoms with Crippen LogP contribution in [-0.2, 0) is 6.42 Å². The van der Waals surface area contributed by atoms with Crippen LogP contribution in [0, 0.1) is 0 Å². The fourth-order valence-electron chi connectivity index (χ4n) is 2.06. The number of aryl methyl sites for hydroxylation is 1. The molecule has 2 N–H and O–H groups in total. The van der Waals surface area contributed by atoms with E-state index in [0.717, 1.165) is 23.3 Å². The number of hydrogen-bond donors (Lipinski definition) is 1. The first-order valence-electron chi connectivity index (χ1n) is 6.08. The minimum atomic E-state index is -0.163. The van der Waals surface area contributed by atoms with Crippen LogP contribution in [0.25, 0.3) is 0 Å². The van der Waals surface area contributed by atoms with Gasteiger partial charge in [0, 0.05) is 6.20 Å². The lowest BCUT2D eigenvalue weighted by Crippen LogP contribution is -2.14. The standard InChI is InChI=1S/C15H18N2O/c1-3-11-6-4-5-7-14(11)15(16)12-8-13(18-2)10-17-9-12/h4-10,15H,3,16H2,1-2H3. The highest BCUT2D eigenvalue weighted by atomic mass is 16.5. The van der Waals surface area contributed by atoms with Gasteiger partial charge in [0.25, 0.3) is 0 Å². The van der Waals surface area contributed by atoms with Gasteiger partial charge in [-0.2, -0.15) is 0 Å². The van der Waals surface area contributed by atoms with Gasteiger partial charge in [0.15, 0.2) is 0 Å². The molecule has 94 valence electrons. The Bertz CT molecular complexity index is 525. The average molecular weight is 242 g/mol. The number of methoxy groups -OCH3 is 1. The number of pyridine rings is 1. The van der Waals surface area contributed by atoms with Crippen molar-refractivity contribution < 1.29 is 4.74 Å². The number of rotatable bonds is 4. The molecule has 3 nitrogen and oxygen atoms in total. The molecule has 0 fully saturated rings. The van der Waals surface area contributed by atoms with E-state index in [0.29, 0.717) is 0 Å². The zero-order valence-electron chi connectivity index (χ0n) is 10.8. The topological polar surface area (TPSA) is 48.1 Å². The second kappa shape index (κ2) is 5.65. The van der Waals surface area contributed by atoms with Crippen LogP contribution in [0.3, 0.4) is 0 Å². The van der Waals surface area contributed by atoms with Gasteiger partial charge in [-0.3, -0.25) is 4.98 Å². The molecule has 0 spiro atoms. The summed E-state index contributed by atoms with van der Waals surface area (Å²) in [4.78, 5) is 4.15. The van der Waals surface area contributed by atoms with E-state index in [1.54, 1.807) is 19.5 Å². The summed E-state index contributed by atoms with van der Waals surface area (Å²) < 4.78 is 5.18. The van der Waals surface area contributed by atoms with E-state index >= 15 is 0 Å². The number of ether oxygens (including phenoxy) is 1. The zero-order valence-corrected chi connectivity index (χ0v) is 10.8. The third-order valence-electron chi connectivity index (χ3n) is 3.10. The van der Waals surface area contributed by atoms with Gasteiger partial charge < -0.3 is 10.5 Å². The maximum Gasteiger partial charge on any atom is 0.137 e. The van der Waals surface area contributed by atoms with Gasteiger partial charge in [0.05, 0.1) is 19.3 Å². The van der Waals surface area contributed by atoms with Crippen molar-refractivity contribution in [2.24, 2.45) is 5.73 Å². The first kappa shape index (κ1) is 12.6. The van der Waals surface area contributed by atoms with Gasteiger partial charge in [-0.05, 0) is 29.2 Å². The molecule has 0 saturated heterocycles. The van der Waals surface area contributed by atoms with Crippen molar-refractivity contribution in [2.75, 3.05) is 7.11 Å². The summed E-state index contributed by atoms with van der Waals surface area (Å²) in [5.74, 6) is 0.733. The molecule has 0 aliphatic rings. The maximum absolute atomic E-state index is 6.32. The lowest BCUT2D eigenvalue weighted by molar-refractivity contribution is 0.412. The van der Waals surface area contributed by atoms with E-state index in [1.807, 2.05) is 18.2 Å². The van der Waals surface area contributed by atoms with Crippen molar-refractivity contribution in [2.45, 2.75) is 19.4 Å². The third-order valence-corrected chi connectivity index (χ3v) is 3.10. The van der Waals surface area contributed by atoms with Gasteiger partial charge in [0.1, 0.15) is 5.75 Å². The van der Waals surface area contributed by atoms with Crippen LogP contribution in [-0.4, -0.2) is 12.1 Å². The second-order valence-electron chi connectivity index (χ2n) is 4.19. The molecule has 1 heterocycles. The van der Waals surface area contributed by atoms with E-state index in [2.05, 4.69) is 24.0 Å². The monoisotopic (exact) mass is 242 g/mol. The first-order valence-corrected chi connectivity index (χ1v) is 6.08. The number of nitrogens with zero attached hydrogens (tertiary/aromatic N) is 1. The zero-order chi connectivity index (χ0) is 13.0. The number of benzene rings is 1. The summed E-state index contributed by atoms with van der Waals surface area (Å²) in [6.45, 7) is 2.13. The minimum absolute atomic E-state index is 0.163. The normalized spacial score (nSPS) is 12.2. The Balaban J connectivity index is 2.37. The van der Waals surface area contributed by atoms with E-state index < -0.39 is 0 Å². The molecule has 0 aliphatic carbocycles. The summed E-state index contributed by atoms with van der Waals surface area (Å²) >= 11 is 0. The molecule has 2 aromatic rings. The number of hydrogen-bond acceptors (Lipinski definition) is 3. The summed E-state index contributed by atoms with van der Waals surface area (Å²) in [5, 5.41) is 0. The van der Waals surface area contributed by atoms with Crippen molar-refractivity contribution in [1.82, 2.24) is 4.98 Å².